The number of hydrogen-bond donors (Lipinski definition) is 1. The van der Waals surface area contributed by atoms with Crippen LogP contribution in [0.4, 0.5) is 0 Å². The van der Waals surface area contributed by atoms with Crippen LogP contribution in [0.3, 0.4) is 0 Å². The smallest absolute Gasteiger partial charge is 0.150 e. The van der Waals surface area contributed by atoms with Gasteiger partial charge >= 0.3 is 0 Å². The van der Waals surface area contributed by atoms with Crippen molar-refractivity contribution in [1.82, 2.24) is 0 Å². The first-order valence-corrected chi connectivity index (χ1v) is 7.06. The fourth-order valence-electron chi connectivity index (χ4n) is 1.05. The molecule has 0 radical (unpaired) electrons. The van der Waals surface area contributed by atoms with Gasteiger partial charge in [-0.1, -0.05) is 24.4 Å². The van der Waals surface area contributed by atoms with E-state index in [9.17, 15) is 8.42 Å². The molecule has 0 fully saturated rings. The first-order valence-electron chi connectivity index (χ1n) is 4.59. The summed E-state index contributed by atoms with van der Waals surface area (Å²) < 4.78 is 27.0. The van der Waals surface area contributed by atoms with E-state index in [0.717, 1.165) is 0 Å². The van der Waals surface area contributed by atoms with Crippen LogP contribution in [0.15, 0.2) is 24.3 Å². The van der Waals surface area contributed by atoms with Crippen LogP contribution >= 0.6 is 12.2 Å². The molecule has 16 heavy (non-hydrogen) atoms. The third-order valence-electron chi connectivity index (χ3n) is 1.84. The molecule has 0 aliphatic rings. The molecule has 1 aromatic rings. The third-order valence-corrected chi connectivity index (χ3v) is 2.99. The number of ether oxygens (including phenoxy) is 1. The summed E-state index contributed by atoms with van der Waals surface area (Å²) in [5.41, 5.74) is 6.16. The summed E-state index contributed by atoms with van der Waals surface area (Å²) >= 11 is 4.82. The predicted octanol–water partition coefficient (Wildman–Crippen LogP) is 0.744. The van der Waals surface area contributed by atoms with E-state index >= 15 is 0 Å². The molecule has 0 aliphatic carbocycles. The number of nitrogens with two attached hydrogens (primary N) is 1. The van der Waals surface area contributed by atoms with Gasteiger partial charge in [-0.3, -0.25) is 0 Å². The normalized spacial score (nSPS) is 11.1. The second kappa shape index (κ2) is 5.27. The van der Waals surface area contributed by atoms with Gasteiger partial charge in [0.25, 0.3) is 0 Å². The van der Waals surface area contributed by atoms with E-state index in [1.54, 1.807) is 24.3 Å². The fraction of sp³-hybridized carbons (Fsp3) is 0.300. The molecule has 0 unspecified atom stereocenters. The van der Waals surface area contributed by atoms with Crippen molar-refractivity contribution >= 4 is 27.0 Å². The molecule has 4 nitrogen and oxygen atoms in total. The summed E-state index contributed by atoms with van der Waals surface area (Å²) in [7, 11) is -3.00. The first kappa shape index (κ1) is 12.9. The standard InChI is InChI=1S/C10H13NO3S2/c1-16(12,13)6-5-14-9-4-2-3-8(7-9)10(11)15/h2-4,7H,5-6H2,1H3,(H2,11,15). The molecule has 6 heteroatoms. The van der Waals surface area contributed by atoms with Crippen molar-refractivity contribution in [3.8, 4) is 5.75 Å². The van der Waals surface area contributed by atoms with Crippen molar-refractivity contribution in [2.24, 2.45) is 5.73 Å². The van der Waals surface area contributed by atoms with Crippen molar-refractivity contribution in [3.05, 3.63) is 29.8 Å². The Morgan fingerprint density at radius 1 is 1.50 bits per heavy atom. The molecule has 88 valence electrons. The van der Waals surface area contributed by atoms with E-state index in [0.29, 0.717) is 11.3 Å². The molecule has 0 atom stereocenters. The molecule has 0 aromatic heterocycles. The first-order chi connectivity index (χ1) is 7.38. The zero-order valence-corrected chi connectivity index (χ0v) is 10.5. The fourth-order valence-corrected chi connectivity index (χ4v) is 1.56. The second-order valence-corrected chi connectivity index (χ2v) is 6.07. The molecule has 2 N–H and O–H groups in total. The van der Waals surface area contributed by atoms with Crippen LogP contribution in [-0.2, 0) is 9.84 Å². The molecule has 0 spiro atoms. The maximum atomic E-state index is 10.9. The number of thiocarbonyl (C=S) groups is 1. The van der Waals surface area contributed by atoms with Crippen LogP contribution in [0.25, 0.3) is 0 Å². The Balaban J connectivity index is 2.61. The van der Waals surface area contributed by atoms with E-state index in [1.165, 1.54) is 6.26 Å². The predicted molar refractivity (Wildman–Crippen MR) is 67.5 cm³/mol. The largest absolute Gasteiger partial charge is 0.493 e. The van der Waals surface area contributed by atoms with E-state index < -0.39 is 9.84 Å². The van der Waals surface area contributed by atoms with Crippen LogP contribution in [0.5, 0.6) is 5.75 Å². The minimum absolute atomic E-state index is 0.00962. The minimum Gasteiger partial charge on any atom is -0.493 e. The maximum absolute atomic E-state index is 10.9. The number of sulfone groups is 1. The molecule has 1 aromatic carbocycles. The summed E-state index contributed by atoms with van der Waals surface area (Å²) in [6, 6.07) is 6.94. The van der Waals surface area contributed by atoms with Crippen LogP contribution in [0.1, 0.15) is 5.56 Å². The van der Waals surface area contributed by atoms with Crippen molar-refractivity contribution < 1.29 is 13.2 Å². The summed E-state index contributed by atoms with van der Waals surface area (Å²) in [6.07, 6.45) is 1.17. The molecule has 0 amide bonds. The lowest BCUT2D eigenvalue weighted by molar-refractivity contribution is 0.341. The van der Waals surface area contributed by atoms with E-state index in [1.807, 2.05) is 0 Å². The highest BCUT2D eigenvalue weighted by atomic mass is 32.2. The van der Waals surface area contributed by atoms with Crippen molar-refractivity contribution in [3.63, 3.8) is 0 Å². The van der Waals surface area contributed by atoms with Gasteiger partial charge in [0, 0.05) is 11.8 Å². The molecule has 0 bridgehead atoms. The zero-order chi connectivity index (χ0) is 12.2. The van der Waals surface area contributed by atoms with E-state index in [-0.39, 0.29) is 17.3 Å². The lowest BCUT2D eigenvalue weighted by Crippen LogP contribution is -2.13. The van der Waals surface area contributed by atoms with Crippen LogP contribution < -0.4 is 10.5 Å². The van der Waals surface area contributed by atoms with Gasteiger partial charge in [0.1, 0.15) is 17.3 Å². The van der Waals surface area contributed by atoms with Gasteiger partial charge in [0.2, 0.25) is 0 Å². The Morgan fingerprint density at radius 3 is 2.75 bits per heavy atom. The van der Waals surface area contributed by atoms with Gasteiger partial charge in [-0.05, 0) is 12.1 Å². The van der Waals surface area contributed by atoms with Crippen LogP contribution in [0, 0.1) is 0 Å². The molecular formula is C10H13NO3S2. The second-order valence-electron chi connectivity index (χ2n) is 3.37. The summed E-state index contributed by atoms with van der Waals surface area (Å²) in [5, 5.41) is 0. The highest BCUT2D eigenvalue weighted by Crippen LogP contribution is 2.13. The Bertz CT molecular complexity index is 483. The minimum atomic E-state index is -3.00. The molecular weight excluding hydrogens is 246 g/mol. The van der Waals surface area contributed by atoms with Gasteiger partial charge in [0.15, 0.2) is 9.84 Å². The van der Waals surface area contributed by atoms with E-state index in [4.69, 9.17) is 22.7 Å². The maximum Gasteiger partial charge on any atom is 0.150 e. The summed E-state index contributed by atoms with van der Waals surface area (Å²) in [4.78, 5) is 0.286. The van der Waals surface area contributed by atoms with E-state index in [2.05, 4.69) is 0 Å². The van der Waals surface area contributed by atoms with Gasteiger partial charge in [-0.25, -0.2) is 8.42 Å². The Morgan fingerprint density at radius 2 is 2.19 bits per heavy atom. The molecule has 0 aliphatic heterocycles. The van der Waals surface area contributed by atoms with Gasteiger partial charge in [-0.15, -0.1) is 0 Å². The van der Waals surface area contributed by atoms with Crippen molar-refractivity contribution in [2.45, 2.75) is 0 Å². The number of hydrogen-bond acceptors (Lipinski definition) is 4. The lowest BCUT2D eigenvalue weighted by atomic mass is 10.2. The lowest BCUT2D eigenvalue weighted by Gasteiger charge is -2.06. The van der Waals surface area contributed by atoms with Crippen LogP contribution in [0.2, 0.25) is 0 Å². The molecule has 0 heterocycles. The van der Waals surface area contributed by atoms with Crippen molar-refractivity contribution in [2.75, 3.05) is 18.6 Å². The summed E-state index contributed by atoms with van der Waals surface area (Å²) in [6.45, 7) is 0.125. The Hall–Kier alpha value is -1.14. The average Bonchev–Trinajstić information content (AvgIpc) is 2.16. The van der Waals surface area contributed by atoms with Gasteiger partial charge in [0.05, 0.1) is 5.75 Å². The number of benzene rings is 1. The Kier molecular flexibility index (Phi) is 4.26. The Labute approximate surface area is 100 Å². The number of rotatable bonds is 5. The molecule has 0 saturated carbocycles. The van der Waals surface area contributed by atoms with Crippen molar-refractivity contribution in [1.29, 1.82) is 0 Å². The average molecular weight is 259 g/mol. The molecule has 1 rings (SSSR count). The van der Waals surface area contributed by atoms with Gasteiger partial charge < -0.3 is 10.5 Å². The van der Waals surface area contributed by atoms with Gasteiger partial charge in [-0.2, -0.15) is 0 Å². The van der Waals surface area contributed by atoms with Crippen LogP contribution in [-0.4, -0.2) is 32.0 Å². The molecule has 0 saturated heterocycles. The SMILES string of the molecule is CS(=O)(=O)CCOc1cccc(C(N)=S)c1. The monoisotopic (exact) mass is 259 g/mol. The zero-order valence-electron chi connectivity index (χ0n) is 8.84. The highest BCUT2D eigenvalue weighted by molar-refractivity contribution is 7.90. The topological polar surface area (TPSA) is 69.4 Å². The highest BCUT2D eigenvalue weighted by Gasteiger charge is 2.03. The summed E-state index contributed by atoms with van der Waals surface area (Å²) in [5.74, 6) is 0.554. The third kappa shape index (κ3) is 4.59. The quantitative estimate of drug-likeness (QED) is 0.790.